The maximum Gasteiger partial charge on any atom is 0.217 e. The molecule has 1 heterocycles. The lowest BCUT2D eigenvalue weighted by atomic mass is 10.0. The zero-order valence-electron chi connectivity index (χ0n) is 16.8. The van der Waals surface area contributed by atoms with Gasteiger partial charge in [0.05, 0.1) is 22.5 Å². The molecule has 1 atom stereocenters. The number of hydrogen-bond acceptors (Lipinski definition) is 6. The van der Waals surface area contributed by atoms with Crippen LogP contribution < -0.4 is 9.46 Å². The van der Waals surface area contributed by atoms with Gasteiger partial charge in [0.2, 0.25) is 10.0 Å². The van der Waals surface area contributed by atoms with E-state index in [0.717, 1.165) is 16.3 Å². The van der Waals surface area contributed by atoms with Crippen LogP contribution in [0, 0.1) is 18.3 Å². The molecule has 0 aliphatic rings. The normalized spacial score (nSPS) is 13.4. The summed E-state index contributed by atoms with van der Waals surface area (Å²) >= 11 is 1.59. The van der Waals surface area contributed by atoms with Crippen molar-refractivity contribution in [1.29, 1.82) is 5.26 Å². The number of nitriles is 1. The summed E-state index contributed by atoms with van der Waals surface area (Å²) in [6.45, 7) is 3.62. The molecule has 156 valence electrons. The number of rotatable bonds is 9. The Hall–Kier alpha value is -2.73. The Morgan fingerprint density at radius 2 is 1.87 bits per heavy atom. The van der Waals surface area contributed by atoms with E-state index in [1.54, 1.807) is 54.7 Å². The first-order valence-electron chi connectivity index (χ1n) is 9.47. The van der Waals surface area contributed by atoms with Crippen LogP contribution in [0.3, 0.4) is 0 Å². The zero-order chi connectivity index (χ0) is 21.6. The van der Waals surface area contributed by atoms with Gasteiger partial charge in [-0.2, -0.15) is 9.98 Å². The second-order valence-electron chi connectivity index (χ2n) is 6.96. The van der Waals surface area contributed by atoms with E-state index in [1.807, 2.05) is 30.5 Å². The Morgan fingerprint density at radius 3 is 2.43 bits per heavy atom. The van der Waals surface area contributed by atoms with Crippen LogP contribution in [0.15, 0.2) is 60.0 Å². The largest absolute Gasteiger partial charge is 0.491 e. The molecular formula is C22H23N3O3S2. The highest BCUT2D eigenvalue weighted by molar-refractivity contribution is 7.88. The summed E-state index contributed by atoms with van der Waals surface area (Å²) in [5.41, 5.74) is 1.18. The van der Waals surface area contributed by atoms with Gasteiger partial charge in [0, 0.05) is 10.9 Å². The van der Waals surface area contributed by atoms with Gasteiger partial charge in [0.1, 0.15) is 12.4 Å². The molecule has 30 heavy (non-hydrogen) atoms. The third kappa shape index (κ3) is 5.66. The number of nitrogens with one attached hydrogen (secondary N) is 1. The van der Waals surface area contributed by atoms with Crippen LogP contribution in [0.1, 0.15) is 23.9 Å². The number of aromatic nitrogens is 1. The van der Waals surface area contributed by atoms with E-state index >= 15 is 0 Å². The molecule has 0 radical (unpaired) electrons. The van der Waals surface area contributed by atoms with E-state index in [9.17, 15) is 13.7 Å². The van der Waals surface area contributed by atoms with Crippen molar-refractivity contribution in [2.24, 2.45) is 0 Å². The third-order valence-corrected chi connectivity index (χ3v) is 6.81. The maximum absolute atomic E-state index is 12.6. The molecule has 0 bridgehead atoms. The average Bonchev–Trinajstić information content (AvgIpc) is 3.18. The van der Waals surface area contributed by atoms with Crippen LogP contribution in [0.4, 0.5) is 0 Å². The van der Waals surface area contributed by atoms with E-state index in [0.29, 0.717) is 11.3 Å². The Bertz CT molecular complexity index is 1120. The molecule has 1 unspecified atom stereocenters. The van der Waals surface area contributed by atoms with Crippen molar-refractivity contribution in [3.8, 4) is 23.1 Å². The van der Waals surface area contributed by atoms with Gasteiger partial charge < -0.3 is 4.74 Å². The average molecular weight is 442 g/mol. The quantitative estimate of drug-likeness (QED) is 0.535. The minimum Gasteiger partial charge on any atom is -0.491 e. The zero-order valence-corrected chi connectivity index (χ0v) is 18.5. The Kier molecular flexibility index (Phi) is 6.87. The highest BCUT2D eigenvalue weighted by Gasteiger charge is 2.34. The molecule has 0 saturated carbocycles. The van der Waals surface area contributed by atoms with E-state index in [2.05, 4.69) is 15.8 Å². The topological polar surface area (TPSA) is 92.1 Å². The minimum absolute atomic E-state index is 0.0941. The first kappa shape index (κ1) is 22.0. The predicted molar refractivity (Wildman–Crippen MR) is 119 cm³/mol. The van der Waals surface area contributed by atoms with Gasteiger partial charge in [-0.1, -0.05) is 37.3 Å². The van der Waals surface area contributed by atoms with Crippen molar-refractivity contribution in [3.05, 3.63) is 70.5 Å². The number of benzene rings is 2. The van der Waals surface area contributed by atoms with Crippen molar-refractivity contribution in [3.63, 3.8) is 0 Å². The van der Waals surface area contributed by atoms with E-state index in [4.69, 9.17) is 4.74 Å². The smallest absolute Gasteiger partial charge is 0.217 e. The summed E-state index contributed by atoms with van der Waals surface area (Å²) < 4.78 is 33.6. The fraction of sp³-hybridized carbons (Fsp3) is 0.273. The second kappa shape index (κ2) is 9.39. The van der Waals surface area contributed by atoms with Gasteiger partial charge in [0.25, 0.3) is 0 Å². The molecule has 1 aromatic heterocycles. The first-order chi connectivity index (χ1) is 14.3. The molecule has 0 amide bonds. The summed E-state index contributed by atoms with van der Waals surface area (Å²) in [6, 6.07) is 18.3. The van der Waals surface area contributed by atoms with Gasteiger partial charge >= 0.3 is 0 Å². The predicted octanol–water partition coefficient (Wildman–Crippen LogP) is 4.29. The van der Waals surface area contributed by atoms with Crippen LogP contribution in [0.25, 0.3) is 11.3 Å². The second-order valence-corrected chi connectivity index (χ2v) is 9.74. The van der Waals surface area contributed by atoms with Crippen LogP contribution >= 0.6 is 11.3 Å². The maximum atomic E-state index is 12.6. The highest BCUT2D eigenvalue weighted by Crippen LogP contribution is 2.24. The molecule has 0 fully saturated rings. The molecule has 6 nitrogen and oxygen atoms in total. The molecule has 3 aromatic rings. The Morgan fingerprint density at radius 1 is 1.17 bits per heavy atom. The van der Waals surface area contributed by atoms with Crippen LogP contribution in [-0.2, 0) is 15.8 Å². The van der Waals surface area contributed by atoms with E-state index in [-0.39, 0.29) is 18.8 Å². The van der Waals surface area contributed by atoms with E-state index < -0.39 is 15.6 Å². The molecule has 1 N–H and O–H groups in total. The van der Waals surface area contributed by atoms with Gasteiger partial charge in [-0.15, -0.1) is 11.3 Å². The Labute approximate surface area is 181 Å². The van der Waals surface area contributed by atoms with Crippen molar-refractivity contribution in [2.75, 3.05) is 6.61 Å². The van der Waals surface area contributed by atoms with Gasteiger partial charge in [-0.3, -0.25) is 0 Å². The summed E-state index contributed by atoms with van der Waals surface area (Å²) in [4.78, 5) is 4.45. The van der Waals surface area contributed by atoms with Crippen molar-refractivity contribution in [1.82, 2.24) is 9.71 Å². The summed E-state index contributed by atoms with van der Waals surface area (Å²) in [5, 5.41) is 12.7. The van der Waals surface area contributed by atoms with Gasteiger partial charge in [0.15, 0.2) is 5.54 Å². The van der Waals surface area contributed by atoms with Gasteiger partial charge in [-0.25, -0.2) is 13.4 Å². The number of ether oxygens (including phenoxy) is 1. The highest BCUT2D eigenvalue weighted by atomic mass is 32.2. The SMILES string of the molecule is CCC(C#N)(COc1ccc(-c2csc(C)n2)cc1)NS(=O)(=O)Cc1ccccc1. The monoisotopic (exact) mass is 441 g/mol. The molecule has 0 aliphatic carbocycles. The first-order valence-corrected chi connectivity index (χ1v) is 12.0. The summed E-state index contributed by atoms with van der Waals surface area (Å²) in [7, 11) is -3.72. The third-order valence-electron chi connectivity index (χ3n) is 4.62. The minimum atomic E-state index is -3.72. The van der Waals surface area contributed by atoms with E-state index in [1.165, 1.54) is 0 Å². The molecule has 0 saturated heterocycles. The molecule has 0 aliphatic heterocycles. The van der Waals surface area contributed by atoms with Gasteiger partial charge in [-0.05, 0) is 43.2 Å². The van der Waals surface area contributed by atoms with Crippen LogP contribution in [-0.4, -0.2) is 25.5 Å². The Balaban J connectivity index is 1.68. The molecular weight excluding hydrogens is 418 g/mol. The fourth-order valence-corrected chi connectivity index (χ4v) is 5.06. The summed E-state index contributed by atoms with van der Waals surface area (Å²) in [5.74, 6) is 0.361. The lowest BCUT2D eigenvalue weighted by Crippen LogP contribution is -2.51. The van der Waals surface area contributed by atoms with Crippen molar-refractivity contribution >= 4 is 21.4 Å². The fourth-order valence-electron chi connectivity index (χ4n) is 2.89. The number of aryl methyl sites for hydroxylation is 1. The van der Waals surface area contributed by atoms with Crippen LogP contribution in [0.2, 0.25) is 0 Å². The molecule has 2 aromatic carbocycles. The van der Waals surface area contributed by atoms with Crippen LogP contribution in [0.5, 0.6) is 5.75 Å². The number of hydrogen-bond donors (Lipinski definition) is 1. The molecule has 3 rings (SSSR count). The number of sulfonamides is 1. The van der Waals surface area contributed by atoms with Crippen molar-refractivity contribution < 1.29 is 13.2 Å². The lowest BCUT2D eigenvalue weighted by molar-refractivity contribution is 0.236. The molecule has 8 heteroatoms. The number of thiazole rings is 1. The van der Waals surface area contributed by atoms with Crippen molar-refractivity contribution in [2.45, 2.75) is 31.6 Å². The number of nitrogens with zero attached hydrogens (tertiary/aromatic N) is 2. The standard InChI is InChI=1S/C22H23N3O3S2/c1-3-22(15-23,25-30(26,27)14-18-7-5-4-6-8-18)16-28-20-11-9-19(10-12-20)21-13-29-17(2)24-21/h4-13,25H,3,14,16H2,1-2H3. The lowest BCUT2D eigenvalue weighted by Gasteiger charge is -2.26. The molecule has 0 spiro atoms. The summed E-state index contributed by atoms with van der Waals surface area (Å²) in [6.07, 6.45) is 0.272.